The zero-order valence-corrected chi connectivity index (χ0v) is 19.0. The largest absolute Gasteiger partial charge is 0.490 e. The third-order valence-corrected chi connectivity index (χ3v) is 6.08. The van der Waals surface area contributed by atoms with Crippen LogP contribution in [0.1, 0.15) is 16.1 Å². The number of methoxy groups -OCH3 is 1. The standard InChI is InChI=1S/C21H21BrN2O6S/c1-28-11-12-30-20-9-4-15(22)13-19(20)21(25)24-16-5-7-18(8-6-16)31(26,27)23-14-17-3-2-10-29-17/h2-10,13,23H,11-12,14H2,1H3,(H,24,25). The molecular formula is C21H21BrN2O6S. The van der Waals surface area contributed by atoms with E-state index in [1.54, 1.807) is 37.4 Å². The van der Waals surface area contributed by atoms with Crippen molar-refractivity contribution >= 4 is 37.5 Å². The molecule has 31 heavy (non-hydrogen) atoms. The van der Waals surface area contributed by atoms with Crippen molar-refractivity contribution in [3.63, 3.8) is 0 Å². The van der Waals surface area contributed by atoms with Crippen LogP contribution in [0.5, 0.6) is 5.75 Å². The van der Waals surface area contributed by atoms with E-state index in [1.165, 1.54) is 30.5 Å². The number of halogens is 1. The molecule has 0 unspecified atom stereocenters. The molecule has 8 nitrogen and oxygen atoms in total. The molecule has 0 radical (unpaired) electrons. The number of furan rings is 1. The molecule has 10 heteroatoms. The number of sulfonamides is 1. The fraction of sp³-hybridized carbons (Fsp3) is 0.190. The number of rotatable bonds is 10. The van der Waals surface area contributed by atoms with E-state index in [0.29, 0.717) is 36.0 Å². The van der Waals surface area contributed by atoms with E-state index in [4.69, 9.17) is 13.9 Å². The number of carbonyl (C=O) groups excluding carboxylic acids is 1. The van der Waals surface area contributed by atoms with Gasteiger partial charge >= 0.3 is 0 Å². The monoisotopic (exact) mass is 508 g/mol. The normalized spacial score (nSPS) is 11.3. The molecule has 0 aliphatic heterocycles. The zero-order valence-electron chi connectivity index (χ0n) is 16.6. The topological polar surface area (TPSA) is 107 Å². The lowest BCUT2D eigenvalue weighted by molar-refractivity contribution is 0.101. The first-order valence-electron chi connectivity index (χ1n) is 9.24. The van der Waals surface area contributed by atoms with Gasteiger partial charge in [0.25, 0.3) is 5.91 Å². The Kier molecular flexibility index (Phi) is 7.85. The number of anilines is 1. The van der Waals surface area contributed by atoms with E-state index in [1.807, 2.05) is 0 Å². The molecule has 1 aromatic heterocycles. The second-order valence-corrected chi connectivity index (χ2v) is 9.05. The molecule has 1 amide bonds. The van der Waals surface area contributed by atoms with Gasteiger partial charge in [-0.25, -0.2) is 13.1 Å². The Bertz CT molecular complexity index is 1120. The first-order valence-corrected chi connectivity index (χ1v) is 11.5. The van der Waals surface area contributed by atoms with Gasteiger partial charge in [0.15, 0.2) is 0 Å². The number of ether oxygens (including phenoxy) is 2. The maximum Gasteiger partial charge on any atom is 0.259 e. The average Bonchev–Trinajstić information content (AvgIpc) is 3.28. The van der Waals surface area contributed by atoms with Crippen LogP contribution in [0, 0.1) is 0 Å². The van der Waals surface area contributed by atoms with E-state index < -0.39 is 10.0 Å². The molecule has 0 aliphatic carbocycles. The van der Waals surface area contributed by atoms with Gasteiger partial charge in [-0.15, -0.1) is 0 Å². The highest BCUT2D eigenvalue weighted by Gasteiger charge is 2.16. The predicted octanol–water partition coefficient (Wildman–Crippen LogP) is 3.80. The van der Waals surface area contributed by atoms with Crippen LogP contribution >= 0.6 is 15.9 Å². The van der Waals surface area contributed by atoms with E-state index in [9.17, 15) is 13.2 Å². The van der Waals surface area contributed by atoms with Crippen LogP contribution in [0.4, 0.5) is 5.69 Å². The van der Waals surface area contributed by atoms with Crippen molar-refractivity contribution in [2.75, 3.05) is 25.6 Å². The molecule has 3 rings (SSSR count). The fourth-order valence-corrected chi connectivity index (χ4v) is 3.97. The highest BCUT2D eigenvalue weighted by molar-refractivity contribution is 9.10. The van der Waals surface area contributed by atoms with Crippen molar-refractivity contribution < 1.29 is 27.1 Å². The molecule has 2 N–H and O–H groups in total. The van der Waals surface area contributed by atoms with E-state index in [2.05, 4.69) is 26.0 Å². The molecule has 0 atom stereocenters. The molecule has 164 valence electrons. The second kappa shape index (κ2) is 10.6. The lowest BCUT2D eigenvalue weighted by atomic mass is 10.2. The van der Waals surface area contributed by atoms with E-state index in [0.717, 1.165) is 4.47 Å². The number of hydrogen-bond donors (Lipinski definition) is 2. The van der Waals surface area contributed by atoms with E-state index in [-0.39, 0.29) is 17.3 Å². The van der Waals surface area contributed by atoms with Crippen molar-refractivity contribution in [3.8, 4) is 5.75 Å². The van der Waals surface area contributed by atoms with Gasteiger partial charge in [-0.2, -0.15) is 0 Å². The highest BCUT2D eigenvalue weighted by atomic mass is 79.9. The minimum absolute atomic E-state index is 0.0442. The summed E-state index contributed by atoms with van der Waals surface area (Å²) in [7, 11) is -2.16. The number of amides is 1. The summed E-state index contributed by atoms with van der Waals surface area (Å²) in [5.41, 5.74) is 0.778. The maximum atomic E-state index is 12.8. The molecule has 2 aromatic carbocycles. The average molecular weight is 509 g/mol. The van der Waals surface area contributed by atoms with Crippen molar-refractivity contribution in [2.45, 2.75) is 11.4 Å². The van der Waals surface area contributed by atoms with Crippen LogP contribution in [-0.4, -0.2) is 34.6 Å². The molecule has 0 spiro atoms. The lowest BCUT2D eigenvalue weighted by Gasteiger charge is -2.12. The van der Waals surface area contributed by atoms with Crippen LogP contribution in [-0.2, 0) is 21.3 Å². The summed E-state index contributed by atoms with van der Waals surface area (Å²) in [6, 6.07) is 14.3. The molecule has 0 aliphatic rings. The van der Waals surface area contributed by atoms with Crippen molar-refractivity contribution in [2.24, 2.45) is 0 Å². The third-order valence-electron chi connectivity index (χ3n) is 4.17. The fourth-order valence-electron chi connectivity index (χ4n) is 2.62. The number of benzene rings is 2. The predicted molar refractivity (Wildman–Crippen MR) is 119 cm³/mol. The lowest BCUT2D eigenvalue weighted by Crippen LogP contribution is -2.23. The quantitative estimate of drug-likeness (QED) is 0.403. The Morgan fingerprint density at radius 3 is 2.55 bits per heavy atom. The molecule has 0 fully saturated rings. The summed E-state index contributed by atoms with van der Waals surface area (Å²) in [5.74, 6) is 0.532. The smallest absolute Gasteiger partial charge is 0.259 e. The number of hydrogen-bond acceptors (Lipinski definition) is 6. The number of carbonyl (C=O) groups is 1. The Labute approximate surface area is 188 Å². The SMILES string of the molecule is COCCOc1ccc(Br)cc1C(=O)Nc1ccc(S(=O)(=O)NCc2ccco2)cc1. The molecule has 0 bridgehead atoms. The zero-order chi connectivity index (χ0) is 22.3. The Morgan fingerprint density at radius 2 is 1.87 bits per heavy atom. The summed E-state index contributed by atoms with van der Waals surface area (Å²) in [4.78, 5) is 12.8. The van der Waals surface area contributed by atoms with Crippen LogP contribution < -0.4 is 14.8 Å². The van der Waals surface area contributed by atoms with Crippen LogP contribution in [0.3, 0.4) is 0 Å². The summed E-state index contributed by atoms with van der Waals surface area (Å²) in [5, 5.41) is 2.75. The minimum atomic E-state index is -3.72. The number of nitrogens with one attached hydrogen (secondary N) is 2. The summed E-state index contributed by atoms with van der Waals surface area (Å²) in [6.07, 6.45) is 1.47. The Hall–Kier alpha value is -2.66. The van der Waals surface area contributed by atoms with Gasteiger partial charge in [-0.1, -0.05) is 15.9 Å². The minimum Gasteiger partial charge on any atom is -0.490 e. The molecule has 3 aromatic rings. The van der Waals surface area contributed by atoms with E-state index >= 15 is 0 Å². The van der Waals surface area contributed by atoms with Crippen LogP contribution in [0.25, 0.3) is 0 Å². The molecular weight excluding hydrogens is 488 g/mol. The van der Waals surface area contributed by atoms with Gasteiger partial charge in [0.1, 0.15) is 18.1 Å². The van der Waals surface area contributed by atoms with Gasteiger partial charge in [0.2, 0.25) is 10.0 Å². The second-order valence-electron chi connectivity index (χ2n) is 6.36. The maximum absolute atomic E-state index is 12.8. The molecule has 1 heterocycles. The highest BCUT2D eigenvalue weighted by Crippen LogP contribution is 2.25. The first kappa shape index (κ1) is 23.0. The Balaban J connectivity index is 1.68. The van der Waals surface area contributed by atoms with Crippen LogP contribution in [0.2, 0.25) is 0 Å². The van der Waals surface area contributed by atoms with Gasteiger partial charge < -0.3 is 19.2 Å². The van der Waals surface area contributed by atoms with Gasteiger partial charge in [0.05, 0.1) is 29.9 Å². The van der Waals surface area contributed by atoms with Gasteiger partial charge in [0, 0.05) is 17.3 Å². The van der Waals surface area contributed by atoms with Gasteiger partial charge in [-0.3, -0.25) is 4.79 Å². The molecule has 0 saturated carbocycles. The summed E-state index contributed by atoms with van der Waals surface area (Å²) < 4.78 is 43.7. The van der Waals surface area contributed by atoms with Gasteiger partial charge in [-0.05, 0) is 54.6 Å². The van der Waals surface area contributed by atoms with Crippen LogP contribution in [0.15, 0.2) is 74.6 Å². The van der Waals surface area contributed by atoms with Crippen molar-refractivity contribution in [3.05, 3.63) is 76.7 Å². The first-order chi connectivity index (χ1) is 14.9. The van der Waals surface area contributed by atoms with Crippen molar-refractivity contribution in [1.29, 1.82) is 0 Å². The van der Waals surface area contributed by atoms with Crippen molar-refractivity contribution in [1.82, 2.24) is 4.72 Å². The molecule has 0 saturated heterocycles. The summed E-state index contributed by atoms with van der Waals surface area (Å²) in [6.45, 7) is 0.736. The third kappa shape index (κ3) is 6.41. The summed E-state index contributed by atoms with van der Waals surface area (Å²) >= 11 is 3.35. The Morgan fingerprint density at radius 1 is 1.10 bits per heavy atom.